The molecule has 2 atom stereocenters. The van der Waals surface area contributed by atoms with Gasteiger partial charge in [0, 0.05) is 28.9 Å². The summed E-state index contributed by atoms with van der Waals surface area (Å²) in [6.07, 6.45) is 4.31. The van der Waals surface area contributed by atoms with Gasteiger partial charge in [-0.1, -0.05) is 40.7 Å². The van der Waals surface area contributed by atoms with Crippen molar-refractivity contribution in [1.29, 1.82) is 0 Å². The number of halogens is 4. The van der Waals surface area contributed by atoms with E-state index in [9.17, 15) is 17.6 Å². The molecule has 156 valence electrons. The van der Waals surface area contributed by atoms with Crippen molar-refractivity contribution in [2.45, 2.75) is 58.8 Å². The highest BCUT2D eigenvalue weighted by atomic mass is 19.2. The molecule has 1 fully saturated rings. The molecule has 0 radical (unpaired) electrons. The number of hydrogen-bond donors (Lipinski definition) is 0. The van der Waals surface area contributed by atoms with Crippen LogP contribution in [0.5, 0.6) is 0 Å². The third kappa shape index (κ3) is 3.69. The van der Waals surface area contributed by atoms with Gasteiger partial charge in [-0.15, -0.1) is 6.58 Å². The van der Waals surface area contributed by atoms with Crippen LogP contribution >= 0.6 is 0 Å². The minimum absolute atomic E-state index is 0.0470. The number of rotatable bonds is 5. The molecule has 2 nitrogen and oxygen atoms in total. The first-order valence-corrected chi connectivity index (χ1v) is 9.68. The van der Waals surface area contributed by atoms with Gasteiger partial charge in [-0.3, -0.25) is 0 Å². The molecule has 0 bridgehead atoms. The molecule has 0 saturated heterocycles. The maximum Gasteiger partial charge on any atom is 0.165 e. The van der Waals surface area contributed by atoms with Crippen molar-refractivity contribution in [3.63, 3.8) is 0 Å². The Kier molecular flexibility index (Phi) is 5.35. The Labute approximate surface area is 169 Å². The predicted octanol–water partition coefficient (Wildman–Crippen LogP) is 6.04. The van der Waals surface area contributed by atoms with Crippen LogP contribution in [0.2, 0.25) is 0 Å². The van der Waals surface area contributed by atoms with E-state index >= 15 is 0 Å². The number of nitrogens with zero attached hydrogens (tertiary/aromatic N) is 2. The van der Waals surface area contributed by atoms with Crippen molar-refractivity contribution in [2.24, 2.45) is 11.3 Å². The molecule has 0 N–H and O–H groups in total. The first-order valence-electron chi connectivity index (χ1n) is 9.68. The van der Waals surface area contributed by atoms with E-state index in [4.69, 9.17) is 0 Å². The average molecular weight is 406 g/mol. The summed E-state index contributed by atoms with van der Waals surface area (Å²) >= 11 is 0. The van der Waals surface area contributed by atoms with Crippen LogP contribution in [0.1, 0.15) is 63.1 Å². The largest absolute Gasteiger partial charge is 0.241 e. The van der Waals surface area contributed by atoms with Gasteiger partial charge in [-0.2, -0.15) is 0 Å². The van der Waals surface area contributed by atoms with Crippen LogP contribution in [0.15, 0.2) is 25.0 Å². The van der Waals surface area contributed by atoms with E-state index in [-0.39, 0.29) is 35.5 Å². The maximum absolute atomic E-state index is 14.5. The summed E-state index contributed by atoms with van der Waals surface area (Å²) in [7, 11) is 0. The zero-order chi connectivity index (χ0) is 21.7. The van der Waals surface area contributed by atoms with E-state index in [1.54, 1.807) is 12.4 Å². The second-order valence-corrected chi connectivity index (χ2v) is 9.41. The van der Waals surface area contributed by atoms with Crippen LogP contribution in [-0.2, 0) is 18.3 Å². The molecule has 1 aromatic heterocycles. The van der Waals surface area contributed by atoms with Gasteiger partial charge in [-0.25, -0.2) is 27.5 Å². The highest BCUT2D eigenvalue weighted by molar-refractivity contribution is 5.35. The van der Waals surface area contributed by atoms with Crippen LogP contribution in [0, 0.1) is 34.6 Å². The van der Waals surface area contributed by atoms with Crippen LogP contribution in [0.3, 0.4) is 0 Å². The van der Waals surface area contributed by atoms with Crippen LogP contribution < -0.4 is 0 Å². The fraction of sp³-hybridized carbons (Fsp3) is 0.478. The van der Waals surface area contributed by atoms with Crippen molar-refractivity contribution >= 4 is 0 Å². The lowest BCUT2D eigenvalue weighted by Gasteiger charge is -2.16. The Bertz CT molecular complexity index is 914. The number of hydrogen-bond acceptors (Lipinski definition) is 2. The molecule has 0 unspecified atom stereocenters. The average Bonchev–Trinajstić information content (AvgIpc) is 3.20. The van der Waals surface area contributed by atoms with Crippen molar-refractivity contribution < 1.29 is 17.6 Å². The molecule has 29 heavy (non-hydrogen) atoms. The summed E-state index contributed by atoms with van der Waals surface area (Å²) in [6, 6.07) is 0. The normalized spacial score (nSPS) is 20.6. The number of aromatic nitrogens is 2. The second kappa shape index (κ2) is 7.22. The Balaban J connectivity index is 1.91. The molecule has 1 saturated carbocycles. The van der Waals surface area contributed by atoms with E-state index in [0.717, 1.165) is 5.56 Å². The molecule has 0 amide bonds. The van der Waals surface area contributed by atoms with Gasteiger partial charge in [0.15, 0.2) is 23.3 Å². The third-order valence-corrected chi connectivity index (χ3v) is 5.97. The monoisotopic (exact) mass is 406 g/mol. The number of benzene rings is 1. The van der Waals surface area contributed by atoms with Crippen molar-refractivity contribution in [3.8, 4) is 0 Å². The zero-order valence-corrected chi connectivity index (χ0v) is 17.4. The van der Waals surface area contributed by atoms with Crippen molar-refractivity contribution in [2.75, 3.05) is 0 Å². The van der Waals surface area contributed by atoms with Gasteiger partial charge in [0.25, 0.3) is 0 Å². The first kappa shape index (κ1) is 21.5. The van der Waals surface area contributed by atoms with Gasteiger partial charge in [-0.05, 0) is 35.7 Å². The third-order valence-electron chi connectivity index (χ3n) is 5.97. The molecule has 0 aliphatic heterocycles. The summed E-state index contributed by atoms with van der Waals surface area (Å²) < 4.78 is 57.6. The first-order chi connectivity index (χ1) is 13.4. The molecule has 1 aliphatic rings. The minimum atomic E-state index is -1.34. The minimum Gasteiger partial charge on any atom is -0.241 e. The standard InChI is InChI=1S/C23H26F4N2/c1-7-8-13-17(24)19(26)14(20(27)18(13)25)9-15-16(23(15,5)6)12-10-28-21(29-11-12)22(2,3)4/h7,10-11,15-16H,1,8-9H2,2-6H3/t15-,16-/m0/s1. The molecular weight excluding hydrogens is 380 g/mol. The van der Waals surface area contributed by atoms with E-state index in [2.05, 4.69) is 16.5 Å². The van der Waals surface area contributed by atoms with Gasteiger partial charge < -0.3 is 0 Å². The SMILES string of the molecule is C=CCc1c(F)c(F)c(C[C@H]2[C@H](c3cnc(C(C)(C)C)nc3)C2(C)C)c(F)c1F. The molecule has 2 aromatic rings. The molecule has 3 rings (SSSR count). The van der Waals surface area contributed by atoms with E-state index in [1.807, 2.05) is 34.6 Å². The lowest BCUT2D eigenvalue weighted by atomic mass is 9.95. The quantitative estimate of drug-likeness (QED) is 0.344. The molecule has 6 heteroatoms. The van der Waals surface area contributed by atoms with Gasteiger partial charge in [0.05, 0.1) is 0 Å². The summed E-state index contributed by atoms with van der Waals surface area (Å²) in [5, 5.41) is 0. The van der Waals surface area contributed by atoms with Crippen LogP contribution in [-0.4, -0.2) is 9.97 Å². The van der Waals surface area contributed by atoms with Crippen molar-refractivity contribution in [1.82, 2.24) is 9.97 Å². The predicted molar refractivity (Wildman–Crippen MR) is 105 cm³/mol. The molecule has 1 heterocycles. The lowest BCUT2D eigenvalue weighted by Crippen LogP contribution is -2.15. The molecule has 1 aromatic carbocycles. The van der Waals surface area contributed by atoms with Crippen LogP contribution in [0.25, 0.3) is 0 Å². The molecule has 0 spiro atoms. The Morgan fingerprint density at radius 2 is 1.45 bits per heavy atom. The van der Waals surface area contributed by atoms with Gasteiger partial charge >= 0.3 is 0 Å². The highest BCUT2D eigenvalue weighted by Gasteiger charge is 2.58. The summed E-state index contributed by atoms with van der Waals surface area (Å²) in [5.41, 5.74) is -0.792. The van der Waals surface area contributed by atoms with E-state index < -0.39 is 34.4 Å². The highest BCUT2D eigenvalue weighted by Crippen LogP contribution is 2.65. The molecular formula is C23H26F4N2. The zero-order valence-electron chi connectivity index (χ0n) is 17.4. The fourth-order valence-corrected chi connectivity index (χ4v) is 4.12. The lowest BCUT2D eigenvalue weighted by molar-refractivity contribution is 0.420. The summed E-state index contributed by atoms with van der Waals surface area (Å²) in [5.74, 6) is -4.84. The maximum atomic E-state index is 14.5. The summed E-state index contributed by atoms with van der Waals surface area (Å²) in [4.78, 5) is 8.85. The summed E-state index contributed by atoms with van der Waals surface area (Å²) in [6.45, 7) is 13.3. The topological polar surface area (TPSA) is 25.8 Å². The Hall–Kier alpha value is -2.24. The Morgan fingerprint density at radius 3 is 1.90 bits per heavy atom. The van der Waals surface area contributed by atoms with E-state index in [1.165, 1.54) is 6.08 Å². The Morgan fingerprint density at radius 1 is 0.966 bits per heavy atom. The molecule has 1 aliphatic carbocycles. The smallest absolute Gasteiger partial charge is 0.165 e. The second-order valence-electron chi connectivity index (χ2n) is 9.41. The van der Waals surface area contributed by atoms with Gasteiger partial charge in [0.1, 0.15) is 5.82 Å². The van der Waals surface area contributed by atoms with Crippen LogP contribution in [0.4, 0.5) is 17.6 Å². The van der Waals surface area contributed by atoms with E-state index in [0.29, 0.717) is 5.82 Å². The van der Waals surface area contributed by atoms with Gasteiger partial charge in [0.2, 0.25) is 0 Å². The number of allylic oxidation sites excluding steroid dienone is 1. The van der Waals surface area contributed by atoms with Crippen molar-refractivity contribution in [3.05, 3.63) is 70.8 Å². The fourth-order valence-electron chi connectivity index (χ4n) is 4.12.